The normalized spacial score (nSPS) is 17.3. The molecule has 1 aromatic heterocycles. The van der Waals surface area contributed by atoms with E-state index in [-0.39, 0.29) is 0 Å². The molecule has 0 amide bonds. The molecule has 4 nitrogen and oxygen atoms in total. The van der Waals surface area contributed by atoms with Crippen molar-refractivity contribution in [3.05, 3.63) is 18.1 Å². The Bertz CT molecular complexity index is 329. The van der Waals surface area contributed by atoms with E-state index in [0.29, 0.717) is 5.92 Å². The van der Waals surface area contributed by atoms with Crippen molar-refractivity contribution in [3.63, 3.8) is 0 Å². The standard InChI is InChI=1S/C11H16BrN3O/c12-3-4-13-11-7-10(14-8-15-11)9-1-5-16-6-2-9/h7-9H,1-6H2,(H,13,14,15). The number of rotatable bonds is 4. The second-order valence-electron chi connectivity index (χ2n) is 3.83. The van der Waals surface area contributed by atoms with E-state index in [0.717, 1.165) is 49.4 Å². The van der Waals surface area contributed by atoms with Crippen molar-refractivity contribution in [1.29, 1.82) is 0 Å². The molecule has 1 aromatic rings. The van der Waals surface area contributed by atoms with Crippen LogP contribution in [0.2, 0.25) is 0 Å². The molecular weight excluding hydrogens is 270 g/mol. The number of hydrogen-bond donors (Lipinski definition) is 1. The minimum Gasteiger partial charge on any atom is -0.381 e. The molecule has 1 aliphatic rings. The lowest BCUT2D eigenvalue weighted by Gasteiger charge is -2.21. The van der Waals surface area contributed by atoms with Crippen LogP contribution in [0, 0.1) is 0 Å². The van der Waals surface area contributed by atoms with Gasteiger partial charge in [-0.05, 0) is 12.8 Å². The van der Waals surface area contributed by atoms with Gasteiger partial charge < -0.3 is 10.1 Å². The van der Waals surface area contributed by atoms with Crippen LogP contribution in [0.25, 0.3) is 0 Å². The number of hydrogen-bond acceptors (Lipinski definition) is 4. The van der Waals surface area contributed by atoms with Crippen LogP contribution in [0.15, 0.2) is 12.4 Å². The van der Waals surface area contributed by atoms with Crippen LogP contribution in [0.5, 0.6) is 0 Å². The van der Waals surface area contributed by atoms with E-state index in [1.54, 1.807) is 6.33 Å². The number of aromatic nitrogens is 2. The summed E-state index contributed by atoms with van der Waals surface area (Å²) in [5, 5.41) is 4.16. The van der Waals surface area contributed by atoms with E-state index in [1.807, 2.05) is 0 Å². The first kappa shape index (κ1) is 11.8. The molecule has 2 rings (SSSR count). The topological polar surface area (TPSA) is 47.0 Å². The highest BCUT2D eigenvalue weighted by Gasteiger charge is 2.17. The van der Waals surface area contributed by atoms with Crippen molar-refractivity contribution in [3.8, 4) is 0 Å². The summed E-state index contributed by atoms with van der Waals surface area (Å²) in [6.45, 7) is 2.57. The zero-order valence-corrected chi connectivity index (χ0v) is 10.7. The van der Waals surface area contributed by atoms with Gasteiger partial charge in [0.25, 0.3) is 0 Å². The largest absolute Gasteiger partial charge is 0.381 e. The molecule has 88 valence electrons. The Morgan fingerprint density at radius 2 is 2.19 bits per heavy atom. The SMILES string of the molecule is BrCCNc1cc(C2CCOCC2)ncn1. The zero-order valence-electron chi connectivity index (χ0n) is 9.16. The lowest BCUT2D eigenvalue weighted by molar-refractivity contribution is 0.0845. The van der Waals surface area contributed by atoms with Gasteiger partial charge in [0.1, 0.15) is 12.1 Å². The highest BCUT2D eigenvalue weighted by atomic mass is 79.9. The molecule has 0 aliphatic carbocycles. The summed E-state index contributed by atoms with van der Waals surface area (Å²) in [6, 6.07) is 2.05. The van der Waals surface area contributed by atoms with Crippen molar-refractivity contribution in [1.82, 2.24) is 9.97 Å². The predicted molar refractivity (Wildman–Crippen MR) is 67.1 cm³/mol. The van der Waals surface area contributed by atoms with E-state index >= 15 is 0 Å². The molecule has 1 saturated heterocycles. The summed E-state index contributed by atoms with van der Waals surface area (Å²) in [5.74, 6) is 1.44. The lowest BCUT2D eigenvalue weighted by atomic mass is 9.96. The van der Waals surface area contributed by atoms with E-state index < -0.39 is 0 Å². The third kappa shape index (κ3) is 3.15. The molecule has 1 N–H and O–H groups in total. The number of nitrogens with one attached hydrogen (secondary N) is 1. The Morgan fingerprint density at radius 1 is 1.38 bits per heavy atom. The van der Waals surface area contributed by atoms with Crippen LogP contribution in [-0.2, 0) is 4.74 Å². The van der Waals surface area contributed by atoms with Gasteiger partial charge in [-0.25, -0.2) is 9.97 Å². The third-order valence-electron chi connectivity index (χ3n) is 2.73. The lowest BCUT2D eigenvalue weighted by Crippen LogP contribution is -2.15. The maximum absolute atomic E-state index is 5.35. The Balaban J connectivity index is 2.02. The summed E-state index contributed by atoms with van der Waals surface area (Å²) in [4.78, 5) is 8.55. The fourth-order valence-corrected chi connectivity index (χ4v) is 2.06. The molecule has 16 heavy (non-hydrogen) atoms. The summed E-state index contributed by atoms with van der Waals surface area (Å²) >= 11 is 3.38. The van der Waals surface area contributed by atoms with Gasteiger partial charge in [0.2, 0.25) is 0 Å². The van der Waals surface area contributed by atoms with Gasteiger partial charge in [0.05, 0.1) is 0 Å². The first-order valence-electron chi connectivity index (χ1n) is 5.59. The molecule has 5 heteroatoms. The van der Waals surface area contributed by atoms with Gasteiger partial charge in [-0.3, -0.25) is 0 Å². The molecule has 2 heterocycles. The summed E-state index contributed by atoms with van der Waals surface area (Å²) < 4.78 is 5.35. The average molecular weight is 286 g/mol. The van der Waals surface area contributed by atoms with E-state index in [2.05, 4.69) is 37.3 Å². The number of anilines is 1. The summed E-state index contributed by atoms with van der Waals surface area (Å²) in [6.07, 6.45) is 3.77. The predicted octanol–water partition coefficient (Wildman–Crippen LogP) is 2.18. The van der Waals surface area contributed by atoms with Crippen molar-refractivity contribution in [2.24, 2.45) is 0 Å². The van der Waals surface area contributed by atoms with Crippen LogP contribution in [0.1, 0.15) is 24.5 Å². The minimum atomic E-state index is 0.529. The van der Waals surface area contributed by atoms with Crippen molar-refractivity contribution in [2.45, 2.75) is 18.8 Å². The van der Waals surface area contributed by atoms with E-state index in [1.165, 1.54) is 0 Å². The second kappa shape index (κ2) is 6.15. The van der Waals surface area contributed by atoms with Crippen LogP contribution in [-0.4, -0.2) is 35.1 Å². The van der Waals surface area contributed by atoms with Gasteiger partial charge in [-0.1, -0.05) is 15.9 Å². The van der Waals surface area contributed by atoms with Crippen molar-refractivity contribution < 1.29 is 4.74 Å². The maximum Gasteiger partial charge on any atom is 0.129 e. The zero-order chi connectivity index (χ0) is 11.2. The quantitative estimate of drug-likeness (QED) is 0.862. The first-order chi connectivity index (χ1) is 7.90. The highest BCUT2D eigenvalue weighted by Crippen LogP contribution is 2.25. The molecule has 0 radical (unpaired) electrons. The van der Waals surface area contributed by atoms with E-state index in [9.17, 15) is 0 Å². The van der Waals surface area contributed by atoms with Gasteiger partial charge in [-0.15, -0.1) is 0 Å². The minimum absolute atomic E-state index is 0.529. The third-order valence-corrected chi connectivity index (χ3v) is 3.12. The number of alkyl halides is 1. The summed E-state index contributed by atoms with van der Waals surface area (Å²) in [5.41, 5.74) is 1.13. The molecule has 1 aliphatic heterocycles. The van der Waals surface area contributed by atoms with Crippen LogP contribution < -0.4 is 5.32 Å². The molecule has 0 aromatic carbocycles. The molecule has 0 saturated carbocycles. The average Bonchev–Trinajstić information content (AvgIpc) is 2.38. The fraction of sp³-hybridized carbons (Fsp3) is 0.636. The Kier molecular flexibility index (Phi) is 4.54. The van der Waals surface area contributed by atoms with Gasteiger partial charge in [0.15, 0.2) is 0 Å². The van der Waals surface area contributed by atoms with Crippen LogP contribution >= 0.6 is 15.9 Å². The fourth-order valence-electron chi connectivity index (χ4n) is 1.86. The number of nitrogens with zero attached hydrogens (tertiary/aromatic N) is 2. The Morgan fingerprint density at radius 3 is 2.94 bits per heavy atom. The maximum atomic E-state index is 5.35. The first-order valence-corrected chi connectivity index (χ1v) is 6.72. The van der Waals surface area contributed by atoms with Gasteiger partial charge >= 0.3 is 0 Å². The Labute approximate surface area is 104 Å². The Hall–Kier alpha value is -0.680. The highest BCUT2D eigenvalue weighted by molar-refractivity contribution is 9.09. The molecule has 0 unspecified atom stereocenters. The number of ether oxygens (including phenoxy) is 1. The number of halogens is 1. The molecule has 1 fully saturated rings. The van der Waals surface area contributed by atoms with Crippen LogP contribution in [0.3, 0.4) is 0 Å². The summed E-state index contributed by atoms with van der Waals surface area (Å²) in [7, 11) is 0. The van der Waals surface area contributed by atoms with Gasteiger partial charge in [0, 0.05) is 42.8 Å². The molecule has 0 atom stereocenters. The monoisotopic (exact) mass is 285 g/mol. The van der Waals surface area contributed by atoms with Gasteiger partial charge in [-0.2, -0.15) is 0 Å². The molecule has 0 spiro atoms. The van der Waals surface area contributed by atoms with Crippen molar-refractivity contribution >= 4 is 21.7 Å². The van der Waals surface area contributed by atoms with Crippen LogP contribution in [0.4, 0.5) is 5.82 Å². The molecule has 0 bridgehead atoms. The molecular formula is C11H16BrN3O. The van der Waals surface area contributed by atoms with Crippen molar-refractivity contribution in [2.75, 3.05) is 30.4 Å². The van der Waals surface area contributed by atoms with E-state index in [4.69, 9.17) is 4.74 Å². The second-order valence-corrected chi connectivity index (χ2v) is 4.62. The smallest absolute Gasteiger partial charge is 0.129 e.